The SMILES string of the molecule is CC(=O)O.COC(=O)C1=C(C)N=c2s/c(=C/c3ccco3)c(=O)n2C1c1ccc(C(C)(C)C)cc1. The fourth-order valence-electron chi connectivity index (χ4n) is 3.68. The number of ether oxygens (including phenoxy) is 1. The molecule has 0 aliphatic carbocycles. The van der Waals surface area contributed by atoms with Crippen molar-refractivity contribution in [3.8, 4) is 0 Å². The summed E-state index contributed by atoms with van der Waals surface area (Å²) in [5, 5.41) is 7.42. The highest BCUT2D eigenvalue weighted by Crippen LogP contribution is 2.32. The van der Waals surface area contributed by atoms with Crippen molar-refractivity contribution in [3.05, 3.63) is 90.5 Å². The highest BCUT2D eigenvalue weighted by atomic mass is 32.1. The Morgan fingerprint density at radius 3 is 2.34 bits per heavy atom. The molecule has 0 fully saturated rings. The quantitative estimate of drug-likeness (QED) is 0.557. The predicted octanol–water partition coefficient (Wildman–Crippen LogP) is 3.39. The van der Waals surface area contributed by atoms with Crippen LogP contribution in [-0.4, -0.2) is 28.7 Å². The van der Waals surface area contributed by atoms with Gasteiger partial charge in [0.25, 0.3) is 11.5 Å². The number of carboxylic acids is 1. The third kappa shape index (κ3) is 5.68. The van der Waals surface area contributed by atoms with Gasteiger partial charge >= 0.3 is 5.97 Å². The number of hydrogen-bond donors (Lipinski definition) is 1. The lowest BCUT2D eigenvalue weighted by Crippen LogP contribution is -2.39. The van der Waals surface area contributed by atoms with E-state index in [1.165, 1.54) is 24.0 Å². The number of methoxy groups -OCH3 is 1. The Balaban J connectivity index is 0.000000795. The number of nitrogens with zero attached hydrogens (tertiary/aromatic N) is 2. The maximum Gasteiger partial charge on any atom is 0.338 e. The summed E-state index contributed by atoms with van der Waals surface area (Å²) in [6.45, 7) is 9.28. The van der Waals surface area contributed by atoms with Crippen molar-refractivity contribution >= 4 is 29.4 Å². The summed E-state index contributed by atoms with van der Waals surface area (Å²) < 4.78 is 12.5. The smallest absolute Gasteiger partial charge is 0.338 e. The maximum atomic E-state index is 13.4. The fourth-order valence-corrected chi connectivity index (χ4v) is 4.70. The van der Waals surface area contributed by atoms with Gasteiger partial charge in [-0.2, -0.15) is 0 Å². The number of furan rings is 1. The van der Waals surface area contributed by atoms with Crippen molar-refractivity contribution in [2.75, 3.05) is 7.11 Å². The minimum absolute atomic E-state index is 0.00703. The first-order valence-corrected chi connectivity index (χ1v) is 11.7. The van der Waals surface area contributed by atoms with Crippen LogP contribution >= 0.6 is 11.3 Å². The Bertz CT molecular complexity index is 1430. The lowest BCUT2D eigenvalue weighted by atomic mass is 9.85. The lowest BCUT2D eigenvalue weighted by Gasteiger charge is -2.25. The first-order valence-electron chi connectivity index (χ1n) is 10.9. The molecule has 0 spiro atoms. The van der Waals surface area contributed by atoms with E-state index in [-0.39, 0.29) is 11.0 Å². The Kier molecular flexibility index (Phi) is 7.60. The molecule has 35 heavy (non-hydrogen) atoms. The third-order valence-electron chi connectivity index (χ3n) is 5.34. The number of thiazole rings is 1. The van der Waals surface area contributed by atoms with Crippen LogP contribution in [0.25, 0.3) is 6.08 Å². The first-order chi connectivity index (χ1) is 16.4. The first kappa shape index (κ1) is 25.9. The highest BCUT2D eigenvalue weighted by Gasteiger charge is 2.33. The van der Waals surface area contributed by atoms with Crippen LogP contribution in [0.3, 0.4) is 0 Å². The van der Waals surface area contributed by atoms with Gasteiger partial charge in [-0.1, -0.05) is 56.4 Å². The van der Waals surface area contributed by atoms with Crippen molar-refractivity contribution in [1.82, 2.24) is 4.57 Å². The molecule has 1 aliphatic rings. The molecule has 9 heteroatoms. The van der Waals surface area contributed by atoms with Gasteiger partial charge in [0, 0.05) is 13.0 Å². The van der Waals surface area contributed by atoms with Gasteiger partial charge < -0.3 is 14.3 Å². The molecular weight excluding hydrogens is 468 g/mol. The van der Waals surface area contributed by atoms with Gasteiger partial charge in [0.15, 0.2) is 4.80 Å². The zero-order valence-electron chi connectivity index (χ0n) is 20.5. The van der Waals surface area contributed by atoms with Crippen LogP contribution in [0, 0.1) is 0 Å². The summed E-state index contributed by atoms with van der Waals surface area (Å²) in [6.07, 6.45) is 3.25. The van der Waals surface area contributed by atoms with Crippen LogP contribution in [-0.2, 0) is 19.7 Å². The van der Waals surface area contributed by atoms with E-state index in [1.807, 2.05) is 24.3 Å². The van der Waals surface area contributed by atoms with E-state index in [2.05, 4.69) is 25.8 Å². The summed E-state index contributed by atoms with van der Waals surface area (Å²) in [4.78, 5) is 40.2. The molecule has 1 aliphatic heterocycles. The minimum Gasteiger partial charge on any atom is -0.481 e. The van der Waals surface area contributed by atoms with Crippen LogP contribution in [0.5, 0.6) is 0 Å². The molecule has 0 bridgehead atoms. The molecule has 1 unspecified atom stereocenters. The Labute approximate surface area is 206 Å². The van der Waals surface area contributed by atoms with Gasteiger partial charge in [-0.3, -0.25) is 14.2 Å². The van der Waals surface area contributed by atoms with Gasteiger partial charge in [0.05, 0.1) is 35.2 Å². The van der Waals surface area contributed by atoms with E-state index < -0.39 is 18.0 Å². The second-order valence-corrected chi connectivity index (χ2v) is 9.99. The highest BCUT2D eigenvalue weighted by molar-refractivity contribution is 7.07. The minimum atomic E-state index is -0.833. The second kappa shape index (κ2) is 10.3. The fraction of sp³-hybridized carbons (Fsp3) is 0.308. The molecule has 2 aromatic heterocycles. The number of hydrogen-bond acceptors (Lipinski definition) is 7. The van der Waals surface area contributed by atoms with Crippen molar-refractivity contribution in [3.63, 3.8) is 0 Å². The number of rotatable bonds is 3. The van der Waals surface area contributed by atoms with Crippen LogP contribution in [0.15, 0.2) is 68.1 Å². The second-order valence-electron chi connectivity index (χ2n) is 8.98. The number of carbonyl (C=O) groups excluding carboxylic acids is 1. The average molecular weight is 497 g/mol. The number of aromatic nitrogens is 1. The van der Waals surface area contributed by atoms with Crippen molar-refractivity contribution < 1.29 is 23.8 Å². The molecule has 3 heterocycles. The van der Waals surface area contributed by atoms with Gasteiger partial charge in [-0.15, -0.1) is 0 Å². The van der Waals surface area contributed by atoms with Crippen LogP contribution < -0.4 is 14.9 Å². The molecule has 0 amide bonds. The summed E-state index contributed by atoms with van der Waals surface area (Å²) >= 11 is 1.27. The summed E-state index contributed by atoms with van der Waals surface area (Å²) in [5.41, 5.74) is 2.67. The molecule has 0 saturated heterocycles. The third-order valence-corrected chi connectivity index (χ3v) is 6.32. The van der Waals surface area contributed by atoms with E-state index in [0.29, 0.717) is 26.4 Å². The monoisotopic (exact) mass is 496 g/mol. The topological polar surface area (TPSA) is 111 Å². The van der Waals surface area contributed by atoms with E-state index in [1.54, 1.807) is 36.0 Å². The zero-order valence-corrected chi connectivity index (χ0v) is 21.3. The van der Waals surface area contributed by atoms with E-state index in [4.69, 9.17) is 19.1 Å². The molecule has 1 N–H and O–H groups in total. The molecular formula is C26H28N2O6S. The summed E-state index contributed by atoms with van der Waals surface area (Å²) in [5.74, 6) is -0.744. The molecule has 8 nitrogen and oxygen atoms in total. The molecule has 4 rings (SSSR count). The van der Waals surface area contributed by atoms with Crippen molar-refractivity contribution in [2.45, 2.75) is 46.1 Å². The molecule has 1 aromatic carbocycles. The van der Waals surface area contributed by atoms with Gasteiger partial charge in [-0.05, 0) is 35.6 Å². The Hall–Kier alpha value is -3.72. The molecule has 0 saturated carbocycles. The maximum absolute atomic E-state index is 13.4. The number of carbonyl (C=O) groups is 2. The Morgan fingerprint density at radius 2 is 1.83 bits per heavy atom. The van der Waals surface area contributed by atoms with E-state index in [0.717, 1.165) is 12.5 Å². The molecule has 184 valence electrons. The van der Waals surface area contributed by atoms with E-state index >= 15 is 0 Å². The molecule has 1 atom stereocenters. The number of fused-ring (bicyclic) bond motifs is 1. The lowest BCUT2D eigenvalue weighted by molar-refractivity contribution is -0.137. The predicted molar refractivity (Wildman–Crippen MR) is 133 cm³/mol. The number of benzene rings is 1. The molecule has 0 radical (unpaired) electrons. The average Bonchev–Trinajstić information content (AvgIpc) is 3.40. The van der Waals surface area contributed by atoms with Gasteiger partial charge in [0.2, 0.25) is 0 Å². The standard InChI is InChI=1S/C24H24N2O4S.C2H4O2/c1-14-19(22(28)29-5)20(15-8-10-16(11-9-15)24(2,3)4)26-21(27)18(31-23(26)25-14)13-17-7-6-12-30-17;1-2(3)4/h6-13,20H,1-5H3;1H3,(H,3,4)/b18-13+;. The van der Waals surface area contributed by atoms with Crippen LogP contribution in [0.4, 0.5) is 0 Å². The van der Waals surface area contributed by atoms with Gasteiger partial charge in [0.1, 0.15) is 5.76 Å². The molecule has 3 aromatic rings. The van der Waals surface area contributed by atoms with Crippen molar-refractivity contribution in [1.29, 1.82) is 0 Å². The number of esters is 1. The normalized spacial score (nSPS) is 15.6. The Morgan fingerprint density at radius 1 is 1.20 bits per heavy atom. The number of aliphatic carboxylic acids is 1. The largest absolute Gasteiger partial charge is 0.481 e. The zero-order chi connectivity index (χ0) is 25.9. The van der Waals surface area contributed by atoms with Crippen LogP contribution in [0.1, 0.15) is 57.5 Å². The van der Waals surface area contributed by atoms with Crippen LogP contribution in [0.2, 0.25) is 0 Å². The van der Waals surface area contributed by atoms with Gasteiger partial charge in [-0.25, -0.2) is 9.79 Å². The number of carboxylic acid groups (broad SMARTS) is 1. The van der Waals surface area contributed by atoms with Crippen molar-refractivity contribution in [2.24, 2.45) is 4.99 Å². The summed E-state index contributed by atoms with van der Waals surface area (Å²) in [7, 11) is 1.34. The summed E-state index contributed by atoms with van der Waals surface area (Å²) in [6, 6.07) is 11.0. The number of allylic oxidation sites excluding steroid dienone is 1. The van der Waals surface area contributed by atoms with E-state index in [9.17, 15) is 9.59 Å².